The van der Waals surface area contributed by atoms with Crippen LogP contribution in [-0.2, 0) is 5.41 Å². The van der Waals surface area contributed by atoms with Crippen LogP contribution >= 0.6 is 0 Å². The largest absolute Gasteiger partial charge is 0.455 e. The minimum absolute atomic E-state index is 0.0958. The van der Waals surface area contributed by atoms with Gasteiger partial charge in [0.05, 0.1) is 0 Å². The average Bonchev–Trinajstić information content (AvgIpc) is 3.73. The van der Waals surface area contributed by atoms with Crippen LogP contribution in [0.1, 0.15) is 25.0 Å². The first kappa shape index (κ1) is 31.6. The Bertz CT molecular complexity index is 3110. The molecule has 0 bridgehead atoms. The number of hydrogen-bond donors (Lipinski definition) is 0. The highest BCUT2D eigenvalue weighted by Gasteiger charge is 2.35. The first-order chi connectivity index (χ1) is 27.0. The van der Waals surface area contributed by atoms with Gasteiger partial charge >= 0.3 is 0 Å². The summed E-state index contributed by atoms with van der Waals surface area (Å²) in [4.78, 5) is 2.39. The molecule has 1 heterocycles. The molecule has 55 heavy (non-hydrogen) atoms. The normalized spacial score (nSPS) is 13.1. The van der Waals surface area contributed by atoms with Crippen molar-refractivity contribution in [2.75, 3.05) is 4.90 Å². The van der Waals surface area contributed by atoms with Crippen LogP contribution in [0, 0.1) is 0 Å². The minimum atomic E-state index is -0.0958. The number of hydrogen-bond acceptors (Lipinski definition) is 2. The van der Waals surface area contributed by atoms with Crippen molar-refractivity contribution in [2.45, 2.75) is 19.3 Å². The number of rotatable bonds is 5. The fraction of sp³-hybridized carbons (Fsp3) is 0.0566. The minimum Gasteiger partial charge on any atom is -0.455 e. The summed E-state index contributed by atoms with van der Waals surface area (Å²) in [5, 5.41) is 7.12. The fourth-order valence-corrected chi connectivity index (χ4v) is 8.94. The Balaban J connectivity index is 0.991. The monoisotopic (exact) mass is 703 g/mol. The third kappa shape index (κ3) is 5.02. The van der Waals surface area contributed by atoms with E-state index in [-0.39, 0.29) is 5.41 Å². The van der Waals surface area contributed by atoms with Gasteiger partial charge in [0.1, 0.15) is 11.2 Å². The Hall–Kier alpha value is -6.90. The molecular formula is C53H37NO. The molecule has 9 aromatic carbocycles. The molecule has 0 radical (unpaired) electrons. The number of nitrogens with zero attached hydrogens (tertiary/aromatic N) is 1. The summed E-state index contributed by atoms with van der Waals surface area (Å²) in [5.74, 6) is 0. The van der Waals surface area contributed by atoms with Crippen LogP contribution in [0.15, 0.2) is 192 Å². The summed E-state index contributed by atoms with van der Waals surface area (Å²) in [5.41, 5.74) is 15.3. The Morgan fingerprint density at radius 1 is 0.382 bits per heavy atom. The molecule has 0 saturated carbocycles. The molecule has 1 aromatic heterocycles. The van der Waals surface area contributed by atoms with Gasteiger partial charge in [-0.2, -0.15) is 0 Å². The lowest BCUT2D eigenvalue weighted by atomic mass is 9.82. The van der Waals surface area contributed by atoms with Crippen molar-refractivity contribution in [1.82, 2.24) is 0 Å². The van der Waals surface area contributed by atoms with Crippen LogP contribution in [0.25, 0.3) is 76.9 Å². The zero-order valence-corrected chi connectivity index (χ0v) is 30.8. The molecule has 0 N–H and O–H groups in total. The van der Waals surface area contributed by atoms with Crippen molar-refractivity contribution in [1.29, 1.82) is 0 Å². The second-order valence-corrected chi connectivity index (χ2v) is 15.4. The summed E-state index contributed by atoms with van der Waals surface area (Å²) in [6, 6.07) is 68.5. The third-order valence-electron chi connectivity index (χ3n) is 11.9. The van der Waals surface area contributed by atoms with Crippen molar-refractivity contribution < 1.29 is 4.42 Å². The lowest BCUT2D eigenvalue weighted by Gasteiger charge is -2.28. The van der Waals surface area contributed by atoms with E-state index >= 15 is 0 Å². The maximum absolute atomic E-state index is 6.34. The van der Waals surface area contributed by atoms with Crippen LogP contribution in [0.3, 0.4) is 0 Å². The van der Waals surface area contributed by atoms with Crippen LogP contribution in [0.2, 0.25) is 0 Å². The van der Waals surface area contributed by atoms with E-state index in [0.29, 0.717) is 0 Å². The number of benzene rings is 9. The summed E-state index contributed by atoms with van der Waals surface area (Å²) in [6.07, 6.45) is 0. The van der Waals surface area contributed by atoms with E-state index in [1.807, 2.05) is 12.1 Å². The van der Waals surface area contributed by atoms with Crippen LogP contribution in [-0.4, -0.2) is 0 Å². The van der Waals surface area contributed by atoms with E-state index in [9.17, 15) is 0 Å². The van der Waals surface area contributed by atoms with Gasteiger partial charge in [0, 0.05) is 38.6 Å². The Morgan fingerprint density at radius 3 is 1.73 bits per heavy atom. The second kappa shape index (κ2) is 12.1. The van der Waals surface area contributed by atoms with Crippen LogP contribution < -0.4 is 4.90 Å². The lowest BCUT2D eigenvalue weighted by Crippen LogP contribution is -2.16. The number of furan rings is 1. The quantitative estimate of drug-likeness (QED) is 0.177. The molecule has 1 aliphatic carbocycles. The molecular weight excluding hydrogens is 667 g/mol. The lowest BCUT2D eigenvalue weighted by molar-refractivity contribution is 0.660. The SMILES string of the molecule is CC1(C)c2ccccc2-c2ccc(N(c3ccc(-c4ccc5ccccc5c4)cc3)c3ccc(-c4ccc5c(ccc6c7ccccc7oc56)c4)cc3)cc21. The van der Waals surface area contributed by atoms with Gasteiger partial charge < -0.3 is 9.32 Å². The standard InChI is InChI=1S/C53H37NO/c1-53(2)49-13-7-5-11-45(49)46-30-27-43(33-50(46)53)54(41-23-17-35(18-24-41)38-16-15-34-9-3-4-10-37(34)31-38)42-25-19-36(20-26-42)39-21-28-44-40(32-39)22-29-48-47-12-6-8-14-51(47)55-52(44)48/h3-33H,1-2H3. The highest BCUT2D eigenvalue weighted by Crippen LogP contribution is 2.50. The number of fused-ring (bicyclic) bond motifs is 9. The van der Waals surface area contributed by atoms with Crippen molar-refractivity contribution in [2.24, 2.45) is 0 Å². The van der Waals surface area contributed by atoms with Crippen molar-refractivity contribution in [3.05, 3.63) is 199 Å². The molecule has 0 unspecified atom stereocenters. The molecule has 11 rings (SSSR count). The molecule has 10 aromatic rings. The highest BCUT2D eigenvalue weighted by atomic mass is 16.3. The number of para-hydroxylation sites is 1. The molecule has 0 aliphatic heterocycles. The summed E-state index contributed by atoms with van der Waals surface area (Å²) in [7, 11) is 0. The molecule has 0 atom stereocenters. The van der Waals surface area contributed by atoms with Crippen molar-refractivity contribution in [3.63, 3.8) is 0 Å². The molecule has 1 aliphatic rings. The fourth-order valence-electron chi connectivity index (χ4n) is 8.94. The zero-order valence-electron chi connectivity index (χ0n) is 30.8. The average molecular weight is 704 g/mol. The summed E-state index contributed by atoms with van der Waals surface area (Å²) >= 11 is 0. The first-order valence-corrected chi connectivity index (χ1v) is 19.1. The molecule has 0 amide bonds. The topological polar surface area (TPSA) is 16.4 Å². The summed E-state index contributed by atoms with van der Waals surface area (Å²) in [6.45, 7) is 4.70. The van der Waals surface area contributed by atoms with Crippen molar-refractivity contribution in [3.8, 4) is 33.4 Å². The Kier molecular flexibility index (Phi) is 6.93. The molecule has 0 fully saturated rings. The van der Waals surface area contributed by atoms with Gasteiger partial charge in [-0.15, -0.1) is 0 Å². The number of anilines is 3. The van der Waals surface area contributed by atoms with Gasteiger partial charge in [-0.25, -0.2) is 0 Å². The Morgan fingerprint density at radius 2 is 0.945 bits per heavy atom. The predicted octanol–water partition coefficient (Wildman–Crippen LogP) is 15.0. The van der Waals surface area contributed by atoms with E-state index in [1.165, 1.54) is 60.7 Å². The van der Waals surface area contributed by atoms with Gasteiger partial charge in [-0.1, -0.05) is 135 Å². The Labute approximate surface area is 320 Å². The van der Waals surface area contributed by atoms with Gasteiger partial charge in [0.25, 0.3) is 0 Å². The molecule has 0 spiro atoms. The zero-order chi connectivity index (χ0) is 36.7. The van der Waals surface area contributed by atoms with Gasteiger partial charge in [0.15, 0.2) is 0 Å². The van der Waals surface area contributed by atoms with Crippen LogP contribution in [0.5, 0.6) is 0 Å². The van der Waals surface area contributed by atoms with E-state index in [4.69, 9.17) is 4.42 Å². The summed E-state index contributed by atoms with van der Waals surface area (Å²) < 4.78 is 6.34. The second-order valence-electron chi connectivity index (χ2n) is 15.4. The molecule has 2 nitrogen and oxygen atoms in total. The highest BCUT2D eigenvalue weighted by molar-refractivity contribution is 6.15. The third-order valence-corrected chi connectivity index (χ3v) is 11.9. The van der Waals surface area contributed by atoms with E-state index in [2.05, 4.69) is 195 Å². The van der Waals surface area contributed by atoms with Gasteiger partial charge in [-0.05, 0) is 127 Å². The van der Waals surface area contributed by atoms with Gasteiger partial charge in [-0.3, -0.25) is 0 Å². The molecule has 260 valence electrons. The van der Waals surface area contributed by atoms with E-state index in [0.717, 1.165) is 44.4 Å². The van der Waals surface area contributed by atoms with E-state index < -0.39 is 0 Å². The molecule has 0 saturated heterocycles. The van der Waals surface area contributed by atoms with Gasteiger partial charge in [0.2, 0.25) is 0 Å². The van der Waals surface area contributed by atoms with E-state index in [1.54, 1.807) is 0 Å². The maximum atomic E-state index is 6.34. The first-order valence-electron chi connectivity index (χ1n) is 19.1. The predicted molar refractivity (Wildman–Crippen MR) is 232 cm³/mol. The maximum Gasteiger partial charge on any atom is 0.143 e. The smallest absolute Gasteiger partial charge is 0.143 e. The van der Waals surface area contributed by atoms with Crippen molar-refractivity contribution >= 4 is 60.5 Å². The van der Waals surface area contributed by atoms with Crippen LogP contribution in [0.4, 0.5) is 17.1 Å². The molecule has 2 heteroatoms.